The van der Waals surface area contributed by atoms with Gasteiger partial charge in [-0.25, -0.2) is 4.79 Å². The summed E-state index contributed by atoms with van der Waals surface area (Å²) in [5.41, 5.74) is 3.85. The van der Waals surface area contributed by atoms with Gasteiger partial charge in [0.25, 0.3) is 0 Å². The van der Waals surface area contributed by atoms with E-state index in [-0.39, 0.29) is 5.56 Å². The molecule has 0 saturated carbocycles. The van der Waals surface area contributed by atoms with Gasteiger partial charge in [0.2, 0.25) is 0 Å². The van der Waals surface area contributed by atoms with E-state index in [2.05, 4.69) is 21.2 Å². The van der Waals surface area contributed by atoms with Crippen LogP contribution in [0, 0.1) is 6.92 Å². The van der Waals surface area contributed by atoms with Gasteiger partial charge < -0.3 is 19.9 Å². The highest BCUT2D eigenvalue weighted by molar-refractivity contribution is 9.10. The second kappa shape index (κ2) is 9.87. The predicted octanol–water partition coefficient (Wildman–Crippen LogP) is 6.31. The van der Waals surface area contributed by atoms with Crippen molar-refractivity contribution in [1.29, 1.82) is 0 Å². The number of hydrogen-bond acceptors (Lipinski definition) is 4. The van der Waals surface area contributed by atoms with Crippen molar-refractivity contribution in [2.75, 3.05) is 12.4 Å². The Morgan fingerprint density at radius 3 is 2.53 bits per heavy atom. The minimum absolute atomic E-state index is 0.265. The van der Waals surface area contributed by atoms with Crippen LogP contribution in [-0.4, -0.2) is 18.2 Å². The third-order valence-corrected chi connectivity index (χ3v) is 5.72. The lowest BCUT2D eigenvalue weighted by molar-refractivity contribution is 0.0697. The zero-order chi connectivity index (χ0) is 21.7. The van der Waals surface area contributed by atoms with Gasteiger partial charge in [-0.05, 0) is 54.4 Å². The quantitative estimate of drug-likeness (QED) is 0.387. The predicted molar refractivity (Wildman–Crippen MR) is 122 cm³/mol. The maximum absolute atomic E-state index is 11.1. The first-order valence-electron chi connectivity index (χ1n) is 9.19. The lowest BCUT2D eigenvalue weighted by Crippen LogP contribution is -2.05. The van der Waals surface area contributed by atoms with Crippen LogP contribution in [0.2, 0.25) is 5.02 Å². The summed E-state index contributed by atoms with van der Waals surface area (Å²) in [5, 5.41) is 13.1. The molecule has 3 aromatic carbocycles. The van der Waals surface area contributed by atoms with Gasteiger partial charge in [0.1, 0.15) is 6.61 Å². The number of carboxylic acids is 1. The smallest absolute Gasteiger partial charge is 0.335 e. The number of nitrogens with one attached hydrogen (secondary N) is 1. The summed E-state index contributed by atoms with van der Waals surface area (Å²) in [7, 11) is 1.59. The highest BCUT2D eigenvalue weighted by Gasteiger charge is 2.12. The van der Waals surface area contributed by atoms with Crippen LogP contribution in [0.5, 0.6) is 11.5 Å². The number of methoxy groups -OCH3 is 1. The molecule has 7 heteroatoms. The van der Waals surface area contributed by atoms with Gasteiger partial charge in [0, 0.05) is 27.3 Å². The molecule has 2 N–H and O–H groups in total. The van der Waals surface area contributed by atoms with E-state index in [0.717, 1.165) is 26.9 Å². The first-order valence-corrected chi connectivity index (χ1v) is 10.4. The zero-order valence-corrected chi connectivity index (χ0v) is 18.9. The zero-order valence-electron chi connectivity index (χ0n) is 16.5. The Hall–Kier alpha value is -2.70. The summed E-state index contributed by atoms with van der Waals surface area (Å²) < 4.78 is 12.3. The number of halogens is 2. The van der Waals surface area contributed by atoms with Crippen LogP contribution in [0.3, 0.4) is 0 Å². The molecular weight excluding hydrogens is 470 g/mol. The summed E-state index contributed by atoms with van der Waals surface area (Å²) in [6.45, 7) is 2.72. The van der Waals surface area contributed by atoms with Crippen molar-refractivity contribution in [2.24, 2.45) is 0 Å². The highest BCUT2D eigenvalue weighted by atomic mass is 79.9. The van der Waals surface area contributed by atoms with Gasteiger partial charge in [0.15, 0.2) is 11.5 Å². The number of anilines is 1. The molecule has 0 bridgehead atoms. The average molecular weight is 491 g/mol. The van der Waals surface area contributed by atoms with Gasteiger partial charge in [0.05, 0.1) is 12.7 Å². The van der Waals surface area contributed by atoms with E-state index in [9.17, 15) is 4.79 Å². The first kappa shape index (κ1) is 22.0. The third kappa shape index (κ3) is 5.26. The molecule has 0 fully saturated rings. The normalized spacial score (nSPS) is 10.5. The maximum atomic E-state index is 11.1. The first-order chi connectivity index (χ1) is 14.4. The molecule has 0 radical (unpaired) electrons. The van der Waals surface area contributed by atoms with Crippen LogP contribution in [0.15, 0.2) is 59.1 Å². The van der Waals surface area contributed by atoms with Crippen molar-refractivity contribution in [3.05, 3.63) is 86.3 Å². The van der Waals surface area contributed by atoms with E-state index < -0.39 is 5.97 Å². The summed E-state index contributed by atoms with van der Waals surface area (Å²) >= 11 is 9.79. The molecule has 0 aliphatic carbocycles. The fraction of sp³-hybridized carbons (Fsp3) is 0.174. The molecule has 0 atom stereocenters. The number of rotatable bonds is 8. The minimum Gasteiger partial charge on any atom is -0.493 e. The van der Waals surface area contributed by atoms with Crippen molar-refractivity contribution in [3.8, 4) is 11.5 Å². The number of benzene rings is 3. The highest BCUT2D eigenvalue weighted by Crippen LogP contribution is 2.35. The standard InChI is InChI=1S/C23H21BrClNO4/c1-14-9-15(23(27)28)7-8-20(14)26-12-17-10-21(29-2)22(11-18(17)24)30-13-16-5-3-4-6-19(16)25/h3-11,26H,12-13H2,1-2H3,(H,27,28). The van der Waals surface area contributed by atoms with Crippen LogP contribution < -0.4 is 14.8 Å². The van der Waals surface area contributed by atoms with Crippen LogP contribution in [-0.2, 0) is 13.2 Å². The maximum Gasteiger partial charge on any atom is 0.335 e. The van der Waals surface area contributed by atoms with E-state index in [1.54, 1.807) is 25.3 Å². The molecule has 5 nitrogen and oxygen atoms in total. The van der Waals surface area contributed by atoms with Gasteiger partial charge >= 0.3 is 5.97 Å². The molecule has 3 rings (SSSR count). The van der Waals surface area contributed by atoms with Crippen LogP contribution in [0.1, 0.15) is 27.0 Å². The van der Waals surface area contributed by atoms with Crippen LogP contribution in [0.25, 0.3) is 0 Å². The number of aryl methyl sites for hydroxylation is 1. The molecule has 30 heavy (non-hydrogen) atoms. The summed E-state index contributed by atoms with van der Waals surface area (Å²) in [6.07, 6.45) is 0. The van der Waals surface area contributed by atoms with Crippen LogP contribution >= 0.6 is 27.5 Å². The van der Waals surface area contributed by atoms with Gasteiger partial charge in [-0.1, -0.05) is 45.7 Å². The fourth-order valence-corrected chi connectivity index (χ4v) is 3.59. The number of ether oxygens (including phenoxy) is 2. The van der Waals surface area contributed by atoms with Crippen LogP contribution in [0.4, 0.5) is 5.69 Å². The van der Waals surface area contributed by atoms with Gasteiger partial charge in [-0.3, -0.25) is 0 Å². The Labute approximate surface area is 188 Å². The molecule has 0 saturated heterocycles. The lowest BCUT2D eigenvalue weighted by atomic mass is 10.1. The minimum atomic E-state index is -0.940. The third-order valence-electron chi connectivity index (χ3n) is 4.62. The molecule has 0 heterocycles. The lowest BCUT2D eigenvalue weighted by Gasteiger charge is -2.16. The van der Waals surface area contributed by atoms with Crippen molar-refractivity contribution < 1.29 is 19.4 Å². The molecule has 0 unspecified atom stereocenters. The van der Waals surface area contributed by atoms with Gasteiger partial charge in [-0.2, -0.15) is 0 Å². The Morgan fingerprint density at radius 2 is 1.87 bits per heavy atom. The van der Waals surface area contributed by atoms with E-state index in [4.69, 9.17) is 26.2 Å². The topological polar surface area (TPSA) is 67.8 Å². The average Bonchev–Trinajstić information content (AvgIpc) is 2.73. The second-order valence-electron chi connectivity index (χ2n) is 6.66. The number of carboxylic acid groups (broad SMARTS) is 1. The summed E-state index contributed by atoms with van der Waals surface area (Å²) in [6, 6.07) is 16.3. The van der Waals surface area contributed by atoms with E-state index >= 15 is 0 Å². The summed E-state index contributed by atoms with van der Waals surface area (Å²) in [4.78, 5) is 11.1. The molecule has 156 valence electrons. The Kier molecular flexibility index (Phi) is 7.24. The molecule has 0 aliphatic rings. The fourth-order valence-electron chi connectivity index (χ4n) is 2.94. The van der Waals surface area contributed by atoms with Crippen molar-refractivity contribution >= 4 is 39.2 Å². The molecule has 3 aromatic rings. The number of hydrogen-bond donors (Lipinski definition) is 2. The van der Waals surface area contributed by atoms with Gasteiger partial charge in [-0.15, -0.1) is 0 Å². The van der Waals surface area contributed by atoms with E-state index in [0.29, 0.717) is 29.7 Å². The van der Waals surface area contributed by atoms with Crippen molar-refractivity contribution in [2.45, 2.75) is 20.1 Å². The molecule has 0 aromatic heterocycles. The van der Waals surface area contributed by atoms with E-state index in [1.165, 1.54) is 0 Å². The Morgan fingerprint density at radius 1 is 1.10 bits per heavy atom. The number of aromatic carboxylic acids is 1. The Balaban J connectivity index is 1.74. The SMILES string of the molecule is COc1cc(CNc2ccc(C(=O)O)cc2C)c(Br)cc1OCc1ccccc1Cl. The molecular formula is C23H21BrClNO4. The molecule has 0 aliphatic heterocycles. The monoisotopic (exact) mass is 489 g/mol. The van der Waals surface area contributed by atoms with E-state index in [1.807, 2.05) is 43.3 Å². The second-order valence-corrected chi connectivity index (χ2v) is 7.92. The largest absolute Gasteiger partial charge is 0.493 e. The van der Waals surface area contributed by atoms with Crippen molar-refractivity contribution in [3.63, 3.8) is 0 Å². The Bertz CT molecular complexity index is 1070. The van der Waals surface area contributed by atoms with Crippen molar-refractivity contribution in [1.82, 2.24) is 0 Å². The molecule has 0 amide bonds. The summed E-state index contributed by atoms with van der Waals surface area (Å²) in [5.74, 6) is 0.277. The number of carbonyl (C=O) groups is 1. The molecule has 0 spiro atoms.